The molecule has 1 heterocycles. The van der Waals surface area contributed by atoms with E-state index in [2.05, 4.69) is 4.74 Å². The fourth-order valence-corrected chi connectivity index (χ4v) is 1.30. The third-order valence-corrected chi connectivity index (χ3v) is 1.93. The minimum Gasteiger partial charge on any atom is -0.452 e. The number of carbonyl (C=O) groups is 2. The van der Waals surface area contributed by atoms with Crippen molar-refractivity contribution in [2.45, 2.75) is 19.4 Å². The van der Waals surface area contributed by atoms with E-state index in [-0.39, 0.29) is 11.8 Å². The number of allylic oxidation sites excluding steroid dienone is 2. The Morgan fingerprint density at radius 1 is 1.43 bits per heavy atom. The second kappa shape index (κ2) is 4.60. The predicted molar refractivity (Wildman–Crippen MR) is 51.6 cm³/mol. The summed E-state index contributed by atoms with van der Waals surface area (Å²) in [6.45, 7) is 1.50. The fourth-order valence-electron chi connectivity index (χ4n) is 1.30. The highest BCUT2D eigenvalue weighted by molar-refractivity contribution is 5.78. The molecule has 1 rings (SSSR count). The monoisotopic (exact) mass is 195 g/mol. The van der Waals surface area contributed by atoms with Crippen LogP contribution in [0.4, 0.5) is 4.79 Å². The summed E-state index contributed by atoms with van der Waals surface area (Å²) in [5, 5.41) is 0. The highest BCUT2D eigenvalue weighted by atomic mass is 16.5. The zero-order valence-electron chi connectivity index (χ0n) is 8.27. The van der Waals surface area contributed by atoms with Gasteiger partial charge in [0, 0.05) is 12.6 Å². The van der Waals surface area contributed by atoms with Gasteiger partial charge in [-0.3, -0.25) is 9.69 Å². The van der Waals surface area contributed by atoms with Crippen LogP contribution < -0.4 is 0 Å². The second-order valence-corrected chi connectivity index (χ2v) is 3.08. The molecule has 0 radical (unpaired) electrons. The van der Waals surface area contributed by atoms with Crippen molar-refractivity contribution >= 4 is 11.9 Å². The Kier molecular flexibility index (Phi) is 3.45. The van der Waals surface area contributed by atoms with E-state index in [1.54, 1.807) is 18.4 Å². The number of hydrogen-bond acceptors (Lipinski definition) is 3. The number of Topliss-reactive ketones (excluding diaryl/α,β-unsaturated/α-hetero) is 1. The van der Waals surface area contributed by atoms with Crippen molar-refractivity contribution in [2.24, 2.45) is 0 Å². The Morgan fingerprint density at radius 3 is 2.71 bits per heavy atom. The number of rotatable bonds is 2. The van der Waals surface area contributed by atoms with Crippen molar-refractivity contribution in [1.82, 2.24) is 4.90 Å². The van der Waals surface area contributed by atoms with Gasteiger partial charge in [-0.25, -0.2) is 4.79 Å². The van der Waals surface area contributed by atoms with Crippen molar-refractivity contribution < 1.29 is 14.3 Å². The Morgan fingerprint density at radius 2 is 2.14 bits per heavy atom. The van der Waals surface area contributed by atoms with Gasteiger partial charge in [0.25, 0.3) is 0 Å². The standard InChI is InChI=1S/C10H13NO3/c1-8(12)7-9-5-3-4-6-11(9)10(13)14-2/h3-6,9H,7H2,1-2H3. The molecule has 76 valence electrons. The Hall–Kier alpha value is -1.58. The van der Waals surface area contributed by atoms with Crippen LogP contribution >= 0.6 is 0 Å². The van der Waals surface area contributed by atoms with Gasteiger partial charge in [0.1, 0.15) is 5.78 Å². The van der Waals surface area contributed by atoms with Gasteiger partial charge in [0.15, 0.2) is 0 Å². The number of methoxy groups -OCH3 is 1. The van der Waals surface area contributed by atoms with Crippen LogP contribution in [0.25, 0.3) is 0 Å². The predicted octanol–water partition coefficient (Wildman–Crippen LogP) is 1.49. The maximum Gasteiger partial charge on any atom is 0.414 e. The third kappa shape index (κ3) is 2.45. The minimum absolute atomic E-state index is 0.0452. The zero-order chi connectivity index (χ0) is 10.6. The molecule has 4 nitrogen and oxygen atoms in total. The van der Waals surface area contributed by atoms with E-state index in [0.29, 0.717) is 6.42 Å². The van der Waals surface area contributed by atoms with Gasteiger partial charge in [-0.05, 0) is 13.0 Å². The van der Waals surface area contributed by atoms with Crippen LogP contribution in [0.15, 0.2) is 24.4 Å². The van der Waals surface area contributed by atoms with E-state index in [0.717, 1.165) is 0 Å². The highest BCUT2D eigenvalue weighted by Crippen LogP contribution is 2.13. The molecule has 4 heteroatoms. The molecule has 0 aromatic carbocycles. The molecule has 1 amide bonds. The van der Waals surface area contributed by atoms with Crippen LogP contribution in [0.1, 0.15) is 13.3 Å². The molecule has 0 aromatic heterocycles. The van der Waals surface area contributed by atoms with Gasteiger partial charge >= 0.3 is 6.09 Å². The van der Waals surface area contributed by atoms with Gasteiger partial charge in [0.2, 0.25) is 0 Å². The molecule has 0 saturated carbocycles. The van der Waals surface area contributed by atoms with E-state index in [4.69, 9.17) is 0 Å². The molecule has 0 aliphatic carbocycles. The van der Waals surface area contributed by atoms with Crippen LogP contribution in [0.3, 0.4) is 0 Å². The van der Waals surface area contributed by atoms with E-state index in [1.165, 1.54) is 18.9 Å². The quantitative estimate of drug-likeness (QED) is 0.670. The molecule has 0 N–H and O–H groups in total. The molecule has 0 fully saturated rings. The average molecular weight is 195 g/mol. The molecule has 14 heavy (non-hydrogen) atoms. The maximum absolute atomic E-state index is 11.3. The molecule has 1 unspecified atom stereocenters. The zero-order valence-corrected chi connectivity index (χ0v) is 8.27. The number of carbonyl (C=O) groups excluding carboxylic acids is 2. The first kappa shape index (κ1) is 10.5. The lowest BCUT2D eigenvalue weighted by Gasteiger charge is -2.26. The minimum atomic E-state index is -0.447. The number of hydrogen-bond donors (Lipinski definition) is 0. The van der Waals surface area contributed by atoms with Crippen LogP contribution in [0.5, 0.6) is 0 Å². The molecule has 0 saturated heterocycles. The van der Waals surface area contributed by atoms with Crippen molar-refractivity contribution in [3.63, 3.8) is 0 Å². The maximum atomic E-state index is 11.3. The average Bonchev–Trinajstić information content (AvgIpc) is 2.16. The third-order valence-electron chi connectivity index (χ3n) is 1.93. The van der Waals surface area contributed by atoms with E-state index < -0.39 is 6.09 Å². The Balaban J connectivity index is 2.71. The van der Waals surface area contributed by atoms with Crippen molar-refractivity contribution in [2.75, 3.05) is 7.11 Å². The normalized spacial score (nSPS) is 19.6. The Bertz CT molecular complexity index is 294. The van der Waals surface area contributed by atoms with Gasteiger partial charge in [-0.1, -0.05) is 12.2 Å². The summed E-state index contributed by atoms with van der Waals surface area (Å²) < 4.78 is 4.59. The van der Waals surface area contributed by atoms with Crippen LogP contribution in [0.2, 0.25) is 0 Å². The summed E-state index contributed by atoms with van der Waals surface area (Å²) in [6, 6.07) is -0.218. The van der Waals surface area contributed by atoms with Crippen molar-refractivity contribution in [3.05, 3.63) is 24.4 Å². The van der Waals surface area contributed by atoms with Crippen LogP contribution in [0, 0.1) is 0 Å². The van der Waals surface area contributed by atoms with E-state index >= 15 is 0 Å². The van der Waals surface area contributed by atoms with Crippen LogP contribution in [-0.4, -0.2) is 29.9 Å². The first-order valence-electron chi connectivity index (χ1n) is 4.36. The molecular weight excluding hydrogens is 182 g/mol. The first-order chi connectivity index (χ1) is 6.65. The summed E-state index contributed by atoms with van der Waals surface area (Å²) in [5.74, 6) is 0.0452. The molecule has 1 aliphatic rings. The van der Waals surface area contributed by atoms with Crippen molar-refractivity contribution in [3.8, 4) is 0 Å². The molecule has 1 aliphatic heterocycles. The summed E-state index contributed by atoms with van der Waals surface area (Å²) in [4.78, 5) is 23.6. The topological polar surface area (TPSA) is 46.6 Å². The number of nitrogens with zero attached hydrogens (tertiary/aromatic N) is 1. The summed E-state index contributed by atoms with van der Waals surface area (Å²) >= 11 is 0. The first-order valence-corrected chi connectivity index (χ1v) is 4.36. The summed E-state index contributed by atoms with van der Waals surface area (Å²) in [6.07, 6.45) is 6.82. The van der Waals surface area contributed by atoms with Gasteiger partial charge < -0.3 is 4.74 Å². The lowest BCUT2D eigenvalue weighted by Crippen LogP contribution is -2.37. The highest BCUT2D eigenvalue weighted by Gasteiger charge is 2.22. The smallest absolute Gasteiger partial charge is 0.414 e. The summed E-state index contributed by atoms with van der Waals surface area (Å²) in [5.41, 5.74) is 0. The number of amides is 1. The fraction of sp³-hybridized carbons (Fsp3) is 0.400. The summed E-state index contributed by atoms with van der Waals surface area (Å²) in [7, 11) is 1.32. The second-order valence-electron chi connectivity index (χ2n) is 3.08. The van der Waals surface area contributed by atoms with Gasteiger partial charge in [-0.2, -0.15) is 0 Å². The van der Waals surface area contributed by atoms with Gasteiger partial charge in [0.05, 0.1) is 13.2 Å². The number of ketones is 1. The number of ether oxygens (including phenoxy) is 1. The molecule has 0 bridgehead atoms. The van der Waals surface area contributed by atoms with Crippen LogP contribution in [-0.2, 0) is 9.53 Å². The lowest BCUT2D eigenvalue weighted by atomic mass is 10.1. The molecule has 0 aromatic rings. The SMILES string of the molecule is COC(=O)N1C=CC=CC1CC(C)=O. The molecule has 1 atom stereocenters. The largest absolute Gasteiger partial charge is 0.452 e. The molecular formula is C10H13NO3. The van der Waals surface area contributed by atoms with E-state index in [1.807, 2.05) is 6.08 Å². The van der Waals surface area contributed by atoms with Crippen molar-refractivity contribution in [1.29, 1.82) is 0 Å². The van der Waals surface area contributed by atoms with E-state index in [9.17, 15) is 9.59 Å². The van der Waals surface area contributed by atoms with Gasteiger partial charge in [-0.15, -0.1) is 0 Å². The Labute approximate surface area is 82.8 Å². The lowest BCUT2D eigenvalue weighted by molar-refractivity contribution is -0.117. The molecule has 0 spiro atoms.